The van der Waals surface area contributed by atoms with Gasteiger partial charge in [0.15, 0.2) is 0 Å². The Hall–Kier alpha value is -2.59. The van der Waals surface area contributed by atoms with Crippen LogP contribution in [0.3, 0.4) is 0 Å². The summed E-state index contributed by atoms with van der Waals surface area (Å²) >= 11 is 5.98. The third kappa shape index (κ3) is 2.93. The third-order valence-electron chi connectivity index (χ3n) is 4.22. The lowest BCUT2D eigenvalue weighted by molar-refractivity contribution is -0.118. The quantitative estimate of drug-likeness (QED) is 0.775. The first-order valence-corrected chi connectivity index (χ1v) is 8.14. The molecule has 1 aliphatic carbocycles. The van der Waals surface area contributed by atoms with Crippen LogP contribution in [0, 0.1) is 0 Å². The van der Waals surface area contributed by atoms with E-state index >= 15 is 0 Å². The molecule has 2 aromatic carbocycles. The SMILES string of the molecule is O=C(Nc1ncc(Cc2cccc(Cl)c2)o1)C1Cc2ccccc21. The van der Waals surface area contributed by atoms with E-state index in [0.717, 1.165) is 17.5 Å². The first kappa shape index (κ1) is 15.0. The molecule has 0 saturated heterocycles. The fourth-order valence-electron chi connectivity index (χ4n) is 2.98. The summed E-state index contributed by atoms with van der Waals surface area (Å²) in [7, 11) is 0. The van der Waals surface area contributed by atoms with E-state index in [1.165, 1.54) is 5.56 Å². The number of hydrogen-bond acceptors (Lipinski definition) is 3. The normalized spacial score (nSPS) is 15.5. The Morgan fingerprint density at radius 1 is 1.25 bits per heavy atom. The van der Waals surface area contributed by atoms with E-state index in [1.54, 1.807) is 6.20 Å². The van der Waals surface area contributed by atoms with Gasteiger partial charge in [-0.25, -0.2) is 4.98 Å². The highest BCUT2D eigenvalue weighted by atomic mass is 35.5. The number of rotatable bonds is 4. The second-order valence-electron chi connectivity index (χ2n) is 5.88. The van der Waals surface area contributed by atoms with E-state index in [9.17, 15) is 4.79 Å². The van der Waals surface area contributed by atoms with Gasteiger partial charge in [-0.15, -0.1) is 0 Å². The number of aromatic nitrogens is 1. The van der Waals surface area contributed by atoms with Crippen LogP contribution in [0.2, 0.25) is 5.02 Å². The molecule has 0 bridgehead atoms. The molecule has 1 atom stereocenters. The van der Waals surface area contributed by atoms with Crippen molar-refractivity contribution in [3.05, 3.63) is 82.2 Å². The van der Waals surface area contributed by atoms with Gasteiger partial charge in [-0.1, -0.05) is 48.0 Å². The molecular weight excluding hydrogens is 324 g/mol. The van der Waals surface area contributed by atoms with E-state index in [0.29, 0.717) is 17.2 Å². The van der Waals surface area contributed by atoms with Gasteiger partial charge in [0, 0.05) is 11.4 Å². The summed E-state index contributed by atoms with van der Waals surface area (Å²) in [4.78, 5) is 16.5. The Morgan fingerprint density at radius 3 is 2.96 bits per heavy atom. The van der Waals surface area contributed by atoms with Crippen molar-refractivity contribution in [2.24, 2.45) is 0 Å². The molecule has 24 heavy (non-hydrogen) atoms. The minimum absolute atomic E-state index is 0.0788. The van der Waals surface area contributed by atoms with Crippen molar-refractivity contribution in [1.82, 2.24) is 4.98 Å². The van der Waals surface area contributed by atoms with Crippen molar-refractivity contribution in [2.45, 2.75) is 18.8 Å². The van der Waals surface area contributed by atoms with Crippen LogP contribution in [0.15, 0.2) is 59.1 Å². The number of amides is 1. The number of anilines is 1. The Bertz CT molecular complexity index is 904. The van der Waals surface area contributed by atoms with E-state index in [2.05, 4.69) is 10.3 Å². The highest BCUT2D eigenvalue weighted by Gasteiger charge is 2.32. The standard InChI is InChI=1S/C19H15ClN2O2/c20-14-6-3-4-12(8-14)9-15-11-21-19(24-15)22-18(23)17-10-13-5-1-2-7-16(13)17/h1-8,11,17H,9-10H2,(H,21,22,23). The molecule has 120 valence electrons. The van der Waals surface area contributed by atoms with Crippen LogP contribution < -0.4 is 5.32 Å². The lowest BCUT2D eigenvalue weighted by atomic mass is 9.77. The highest BCUT2D eigenvalue weighted by Crippen LogP contribution is 2.35. The fourth-order valence-corrected chi connectivity index (χ4v) is 3.19. The van der Waals surface area contributed by atoms with Crippen LogP contribution in [0.4, 0.5) is 6.01 Å². The molecule has 3 aromatic rings. The molecule has 1 heterocycles. The van der Waals surface area contributed by atoms with Crippen molar-refractivity contribution in [3.8, 4) is 0 Å². The summed E-state index contributed by atoms with van der Waals surface area (Å²) in [5, 5.41) is 3.44. The number of carbonyl (C=O) groups is 1. The number of carbonyl (C=O) groups excluding carboxylic acids is 1. The van der Waals surface area contributed by atoms with Gasteiger partial charge in [0.05, 0.1) is 12.1 Å². The van der Waals surface area contributed by atoms with Gasteiger partial charge in [-0.05, 0) is 35.2 Å². The van der Waals surface area contributed by atoms with Crippen molar-refractivity contribution >= 4 is 23.5 Å². The van der Waals surface area contributed by atoms with Crippen molar-refractivity contribution in [2.75, 3.05) is 5.32 Å². The molecule has 0 radical (unpaired) electrons. The predicted octanol–water partition coefficient (Wildman–Crippen LogP) is 4.20. The Kier molecular flexibility index (Phi) is 3.82. The van der Waals surface area contributed by atoms with E-state index < -0.39 is 0 Å². The molecule has 0 aliphatic heterocycles. The van der Waals surface area contributed by atoms with Gasteiger partial charge < -0.3 is 4.42 Å². The van der Waals surface area contributed by atoms with Crippen LogP contribution >= 0.6 is 11.6 Å². The smallest absolute Gasteiger partial charge is 0.301 e. The number of hydrogen-bond donors (Lipinski definition) is 1. The van der Waals surface area contributed by atoms with Gasteiger partial charge in [0.2, 0.25) is 5.91 Å². The summed E-state index contributed by atoms with van der Waals surface area (Å²) in [6, 6.07) is 15.8. The van der Waals surface area contributed by atoms with E-state index in [4.69, 9.17) is 16.0 Å². The fraction of sp³-hybridized carbons (Fsp3) is 0.158. The molecule has 1 unspecified atom stereocenters. The van der Waals surface area contributed by atoms with Gasteiger partial charge in [0.1, 0.15) is 5.76 Å². The van der Waals surface area contributed by atoms with Gasteiger partial charge in [-0.2, -0.15) is 0 Å². The topological polar surface area (TPSA) is 55.1 Å². The number of nitrogens with zero attached hydrogens (tertiary/aromatic N) is 1. The molecule has 4 nitrogen and oxygen atoms in total. The summed E-state index contributed by atoms with van der Waals surface area (Å²) < 4.78 is 5.62. The average Bonchev–Trinajstić information content (AvgIpc) is 2.95. The highest BCUT2D eigenvalue weighted by molar-refractivity contribution is 6.30. The number of nitrogens with one attached hydrogen (secondary N) is 1. The second-order valence-corrected chi connectivity index (χ2v) is 6.32. The van der Waals surface area contributed by atoms with Crippen LogP contribution in [0.5, 0.6) is 0 Å². The molecule has 4 rings (SSSR count). The molecule has 0 spiro atoms. The summed E-state index contributed by atoms with van der Waals surface area (Å²) in [5.41, 5.74) is 3.34. The van der Waals surface area contributed by atoms with Crippen molar-refractivity contribution in [1.29, 1.82) is 0 Å². The molecule has 1 N–H and O–H groups in total. The maximum Gasteiger partial charge on any atom is 0.301 e. The maximum atomic E-state index is 12.3. The van der Waals surface area contributed by atoms with E-state index in [-0.39, 0.29) is 17.8 Å². The van der Waals surface area contributed by atoms with Crippen molar-refractivity contribution in [3.63, 3.8) is 0 Å². The molecule has 0 saturated carbocycles. The molecule has 1 amide bonds. The summed E-state index contributed by atoms with van der Waals surface area (Å²) in [5.74, 6) is 0.482. The van der Waals surface area contributed by atoms with Crippen LogP contribution in [0.1, 0.15) is 28.4 Å². The predicted molar refractivity (Wildman–Crippen MR) is 92.3 cm³/mol. The average molecular weight is 339 g/mol. The van der Waals surface area contributed by atoms with Gasteiger partial charge in [0.25, 0.3) is 0 Å². The van der Waals surface area contributed by atoms with Gasteiger partial charge in [-0.3, -0.25) is 10.1 Å². The largest absolute Gasteiger partial charge is 0.428 e. The number of oxazole rings is 1. The van der Waals surface area contributed by atoms with Crippen LogP contribution in [-0.4, -0.2) is 10.9 Å². The number of fused-ring (bicyclic) bond motifs is 1. The van der Waals surface area contributed by atoms with Crippen LogP contribution in [0.25, 0.3) is 0 Å². The summed E-state index contributed by atoms with van der Waals surface area (Å²) in [6.45, 7) is 0. The molecule has 0 fully saturated rings. The van der Waals surface area contributed by atoms with Crippen LogP contribution in [-0.2, 0) is 17.6 Å². The van der Waals surface area contributed by atoms with Crippen molar-refractivity contribution < 1.29 is 9.21 Å². The Labute approximate surface area is 144 Å². The molecule has 1 aliphatic rings. The molecular formula is C19H15ClN2O2. The monoisotopic (exact) mass is 338 g/mol. The second kappa shape index (κ2) is 6.13. The van der Waals surface area contributed by atoms with Gasteiger partial charge >= 0.3 is 6.01 Å². The Balaban J connectivity index is 1.42. The first-order chi connectivity index (χ1) is 11.7. The number of halogens is 1. The minimum atomic E-state index is -0.121. The lowest BCUT2D eigenvalue weighted by Gasteiger charge is -2.28. The van der Waals surface area contributed by atoms with E-state index in [1.807, 2.05) is 48.5 Å². The first-order valence-electron chi connectivity index (χ1n) is 7.77. The number of benzene rings is 2. The zero-order chi connectivity index (χ0) is 16.5. The Morgan fingerprint density at radius 2 is 2.12 bits per heavy atom. The maximum absolute atomic E-state index is 12.3. The lowest BCUT2D eigenvalue weighted by Crippen LogP contribution is -2.30. The zero-order valence-corrected chi connectivity index (χ0v) is 13.6. The minimum Gasteiger partial charge on any atom is -0.428 e. The molecule has 1 aromatic heterocycles. The third-order valence-corrected chi connectivity index (χ3v) is 4.46. The molecule has 5 heteroatoms. The summed E-state index contributed by atoms with van der Waals surface area (Å²) in [6.07, 6.45) is 2.97. The zero-order valence-electron chi connectivity index (χ0n) is 12.8.